The number of carbonyl (C=O) groups is 2. The Morgan fingerprint density at radius 3 is 2.50 bits per heavy atom. The average Bonchev–Trinajstić information content (AvgIpc) is 3.47. The maximum Gasteiger partial charge on any atom is 0.228 e. The van der Waals surface area contributed by atoms with E-state index in [1.165, 1.54) is 37.3 Å². The third-order valence-corrected chi connectivity index (χ3v) is 7.00. The Kier molecular flexibility index (Phi) is 6.41. The van der Waals surface area contributed by atoms with E-state index in [0.29, 0.717) is 11.6 Å². The van der Waals surface area contributed by atoms with Gasteiger partial charge >= 0.3 is 0 Å². The summed E-state index contributed by atoms with van der Waals surface area (Å²) in [5.41, 5.74) is 0. The van der Waals surface area contributed by atoms with Gasteiger partial charge in [0.1, 0.15) is 0 Å². The molecule has 1 aromatic heterocycles. The smallest absolute Gasteiger partial charge is 0.228 e. The van der Waals surface area contributed by atoms with E-state index >= 15 is 0 Å². The zero-order chi connectivity index (χ0) is 19.3. The zero-order valence-electron chi connectivity index (χ0n) is 16.4. The van der Waals surface area contributed by atoms with Crippen molar-refractivity contribution in [2.45, 2.75) is 44.9 Å². The maximum atomic E-state index is 12.4. The minimum atomic E-state index is 0.0931. The van der Waals surface area contributed by atoms with Crippen LogP contribution in [0.5, 0.6) is 0 Å². The molecule has 8 nitrogen and oxygen atoms in total. The van der Waals surface area contributed by atoms with Gasteiger partial charge in [-0.25, -0.2) is 0 Å². The van der Waals surface area contributed by atoms with Gasteiger partial charge in [-0.3, -0.25) is 14.5 Å². The van der Waals surface area contributed by atoms with Crippen molar-refractivity contribution >= 4 is 33.4 Å². The Labute approximate surface area is 170 Å². The molecule has 1 N–H and O–H groups in total. The molecule has 0 bridgehead atoms. The number of aromatic nitrogens is 2. The van der Waals surface area contributed by atoms with Crippen molar-refractivity contribution in [2.24, 2.45) is 5.92 Å². The zero-order valence-corrected chi connectivity index (χ0v) is 17.3. The summed E-state index contributed by atoms with van der Waals surface area (Å²) >= 11 is 1.48. The molecule has 3 aliphatic rings. The molecule has 0 radical (unpaired) electrons. The van der Waals surface area contributed by atoms with Crippen molar-refractivity contribution in [1.82, 2.24) is 20.4 Å². The SMILES string of the molecule is O=C(NCCCN1CCCC1)C1CCN(c2nnc(N3CCCC3=O)s2)CC1. The normalized spacial score (nSPS) is 21.6. The van der Waals surface area contributed by atoms with Gasteiger partial charge in [0.15, 0.2) is 0 Å². The summed E-state index contributed by atoms with van der Waals surface area (Å²) in [4.78, 5) is 30.7. The number of carbonyl (C=O) groups excluding carboxylic acids is 2. The molecule has 1 aromatic rings. The fourth-order valence-electron chi connectivity index (χ4n) is 4.29. The van der Waals surface area contributed by atoms with Crippen molar-refractivity contribution in [3.63, 3.8) is 0 Å². The van der Waals surface area contributed by atoms with Crippen molar-refractivity contribution in [3.8, 4) is 0 Å². The van der Waals surface area contributed by atoms with Crippen molar-refractivity contribution in [1.29, 1.82) is 0 Å². The van der Waals surface area contributed by atoms with Crippen LogP contribution in [0, 0.1) is 5.92 Å². The van der Waals surface area contributed by atoms with Crippen LogP contribution in [0.1, 0.15) is 44.9 Å². The highest BCUT2D eigenvalue weighted by molar-refractivity contribution is 7.19. The van der Waals surface area contributed by atoms with Crippen LogP contribution in [0.4, 0.5) is 10.3 Å². The molecule has 4 rings (SSSR count). The van der Waals surface area contributed by atoms with Crippen LogP contribution >= 0.6 is 11.3 Å². The first-order valence-corrected chi connectivity index (χ1v) is 11.4. The van der Waals surface area contributed by atoms with Gasteiger partial charge in [0.2, 0.25) is 22.1 Å². The van der Waals surface area contributed by atoms with Gasteiger partial charge in [0.05, 0.1) is 0 Å². The molecule has 0 aromatic carbocycles. The van der Waals surface area contributed by atoms with Gasteiger partial charge in [-0.15, -0.1) is 10.2 Å². The Bertz CT molecular complexity index is 682. The fourth-order valence-corrected chi connectivity index (χ4v) is 5.23. The van der Waals surface area contributed by atoms with Crippen LogP contribution in [0.3, 0.4) is 0 Å². The Hall–Kier alpha value is -1.74. The van der Waals surface area contributed by atoms with E-state index in [1.54, 1.807) is 4.90 Å². The van der Waals surface area contributed by atoms with Crippen LogP contribution in [-0.4, -0.2) is 72.7 Å². The molecular weight excluding hydrogens is 376 g/mol. The molecule has 2 amide bonds. The molecule has 3 aliphatic heterocycles. The van der Waals surface area contributed by atoms with Crippen molar-refractivity contribution in [3.05, 3.63) is 0 Å². The van der Waals surface area contributed by atoms with E-state index in [9.17, 15) is 9.59 Å². The number of piperidine rings is 1. The van der Waals surface area contributed by atoms with Gasteiger partial charge in [0.25, 0.3) is 0 Å². The van der Waals surface area contributed by atoms with Crippen molar-refractivity contribution < 1.29 is 9.59 Å². The highest BCUT2D eigenvalue weighted by Gasteiger charge is 2.29. The topological polar surface area (TPSA) is 81.7 Å². The van der Waals surface area contributed by atoms with Gasteiger partial charge in [0, 0.05) is 38.5 Å². The highest BCUT2D eigenvalue weighted by Crippen LogP contribution is 2.32. The first-order chi connectivity index (χ1) is 13.7. The third-order valence-electron chi connectivity index (χ3n) is 5.99. The molecule has 3 saturated heterocycles. The minimum Gasteiger partial charge on any atom is -0.356 e. The van der Waals surface area contributed by atoms with Gasteiger partial charge in [-0.1, -0.05) is 11.3 Å². The number of nitrogens with zero attached hydrogens (tertiary/aromatic N) is 5. The summed E-state index contributed by atoms with van der Waals surface area (Å²) in [5.74, 6) is 0.431. The van der Waals surface area contributed by atoms with E-state index in [-0.39, 0.29) is 17.7 Å². The van der Waals surface area contributed by atoms with Gasteiger partial charge in [-0.2, -0.15) is 0 Å². The first-order valence-electron chi connectivity index (χ1n) is 10.6. The van der Waals surface area contributed by atoms with Crippen LogP contribution in [-0.2, 0) is 9.59 Å². The second-order valence-corrected chi connectivity index (χ2v) is 8.91. The summed E-state index contributed by atoms with van der Waals surface area (Å²) in [7, 11) is 0. The summed E-state index contributed by atoms with van der Waals surface area (Å²) in [5, 5.41) is 13.2. The van der Waals surface area contributed by atoms with Gasteiger partial charge < -0.3 is 15.1 Å². The molecule has 0 spiro atoms. The molecule has 154 valence electrons. The number of hydrogen-bond acceptors (Lipinski definition) is 7. The summed E-state index contributed by atoms with van der Waals surface area (Å²) in [6, 6.07) is 0. The number of nitrogens with one attached hydrogen (secondary N) is 1. The molecule has 0 aliphatic carbocycles. The minimum absolute atomic E-state index is 0.0931. The van der Waals surface area contributed by atoms with E-state index in [0.717, 1.165) is 63.5 Å². The lowest BCUT2D eigenvalue weighted by molar-refractivity contribution is -0.125. The van der Waals surface area contributed by atoms with E-state index in [4.69, 9.17) is 0 Å². The van der Waals surface area contributed by atoms with E-state index in [1.807, 2.05) is 0 Å². The number of hydrogen-bond donors (Lipinski definition) is 1. The molecule has 0 saturated carbocycles. The summed E-state index contributed by atoms with van der Waals surface area (Å²) < 4.78 is 0. The lowest BCUT2D eigenvalue weighted by Gasteiger charge is -2.30. The van der Waals surface area contributed by atoms with Crippen LogP contribution < -0.4 is 15.1 Å². The summed E-state index contributed by atoms with van der Waals surface area (Å²) in [6.45, 7) is 6.67. The maximum absolute atomic E-state index is 12.4. The van der Waals surface area contributed by atoms with Crippen LogP contribution in [0.25, 0.3) is 0 Å². The number of amides is 2. The Balaban J connectivity index is 1.18. The Morgan fingerprint density at radius 2 is 1.79 bits per heavy atom. The molecule has 28 heavy (non-hydrogen) atoms. The van der Waals surface area contributed by atoms with Crippen LogP contribution in [0.2, 0.25) is 0 Å². The second kappa shape index (κ2) is 9.17. The highest BCUT2D eigenvalue weighted by atomic mass is 32.1. The fraction of sp³-hybridized carbons (Fsp3) is 0.789. The van der Waals surface area contributed by atoms with Crippen molar-refractivity contribution in [2.75, 3.05) is 55.6 Å². The molecule has 0 unspecified atom stereocenters. The number of anilines is 2. The first kappa shape index (κ1) is 19.6. The monoisotopic (exact) mass is 406 g/mol. The third kappa shape index (κ3) is 4.63. The predicted molar refractivity (Wildman–Crippen MR) is 110 cm³/mol. The average molecular weight is 407 g/mol. The predicted octanol–water partition coefficient (Wildman–Crippen LogP) is 1.48. The lowest BCUT2D eigenvalue weighted by Crippen LogP contribution is -2.41. The molecule has 3 fully saturated rings. The molecule has 9 heteroatoms. The number of likely N-dealkylation sites (tertiary alicyclic amines) is 1. The lowest BCUT2D eigenvalue weighted by atomic mass is 9.96. The molecule has 0 atom stereocenters. The molecule has 4 heterocycles. The largest absolute Gasteiger partial charge is 0.356 e. The standard InChI is InChI=1S/C19H30N6O2S/c26-16-5-3-12-25(16)19-22-21-18(28-19)24-13-6-15(7-14-24)17(27)20-8-4-11-23-9-1-2-10-23/h15H,1-14H2,(H,20,27). The van der Waals surface area contributed by atoms with E-state index in [2.05, 4.69) is 25.3 Å². The molecular formula is C19H30N6O2S. The number of rotatable bonds is 7. The van der Waals surface area contributed by atoms with E-state index < -0.39 is 0 Å². The van der Waals surface area contributed by atoms with Gasteiger partial charge in [-0.05, 0) is 58.2 Å². The quantitative estimate of drug-likeness (QED) is 0.691. The van der Waals surface area contributed by atoms with Crippen LogP contribution in [0.15, 0.2) is 0 Å². The Morgan fingerprint density at radius 1 is 1.04 bits per heavy atom. The summed E-state index contributed by atoms with van der Waals surface area (Å²) in [6.07, 6.45) is 6.85. The second-order valence-electron chi connectivity index (χ2n) is 7.97.